The summed E-state index contributed by atoms with van der Waals surface area (Å²) in [5.41, 5.74) is 1.13. The smallest absolute Gasteiger partial charge is 0.224 e. The van der Waals surface area contributed by atoms with Crippen LogP contribution in [0.1, 0.15) is 38.7 Å². The Kier molecular flexibility index (Phi) is 18.7. The van der Waals surface area contributed by atoms with Crippen molar-refractivity contribution in [2.45, 2.75) is 39.7 Å². The third-order valence-corrected chi connectivity index (χ3v) is 4.18. The molecule has 0 aliphatic rings. The van der Waals surface area contributed by atoms with Gasteiger partial charge in [0.25, 0.3) is 0 Å². The Balaban J connectivity index is 0.00000841. The minimum absolute atomic E-state index is 0. The average molecular weight is 534 g/mol. The number of benzene rings is 1. The number of rotatable bonds is 15. The predicted molar refractivity (Wildman–Crippen MR) is 133 cm³/mol. The molecule has 0 radical (unpaired) electrons. The van der Waals surface area contributed by atoms with Crippen LogP contribution in [-0.2, 0) is 20.8 Å². The van der Waals surface area contributed by atoms with Gasteiger partial charge >= 0.3 is 0 Å². The Labute approximate surface area is 199 Å². The van der Waals surface area contributed by atoms with Crippen LogP contribution in [0.4, 0.5) is 0 Å². The number of carbonyl (C=O) groups excluding carboxylic acids is 1. The third-order valence-electron chi connectivity index (χ3n) is 4.18. The van der Waals surface area contributed by atoms with Gasteiger partial charge in [0, 0.05) is 39.7 Å². The molecule has 172 valence electrons. The first-order valence-corrected chi connectivity index (χ1v) is 10.6. The normalized spacial score (nSPS) is 11.0. The van der Waals surface area contributed by atoms with E-state index in [-0.39, 0.29) is 29.9 Å². The molecule has 0 aliphatic heterocycles. The van der Waals surface area contributed by atoms with Crippen molar-refractivity contribution in [3.05, 3.63) is 35.9 Å². The molecule has 1 rings (SSSR count). The number of aliphatic imine (C=N–C) groups is 1. The van der Waals surface area contributed by atoms with Crippen molar-refractivity contribution in [2.75, 3.05) is 53.1 Å². The van der Waals surface area contributed by atoms with Gasteiger partial charge in [-0.1, -0.05) is 43.7 Å². The number of amides is 1. The van der Waals surface area contributed by atoms with E-state index in [1.165, 1.54) is 0 Å². The highest BCUT2D eigenvalue weighted by Crippen LogP contribution is 2.03. The minimum Gasteiger partial charge on any atom is -0.379 e. The highest BCUT2D eigenvalue weighted by molar-refractivity contribution is 14.0. The zero-order valence-electron chi connectivity index (χ0n) is 18.7. The van der Waals surface area contributed by atoms with E-state index in [1.807, 2.05) is 44.3 Å². The SMILES string of the molecule is CCCCOCCOCCN=C(NCC)NCCC(=O)N(C)Cc1ccccc1.I. The maximum Gasteiger partial charge on any atom is 0.224 e. The van der Waals surface area contributed by atoms with Crippen LogP contribution >= 0.6 is 24.0 Å². The number of nitrogens with zero attached hydrogens (tertiary/aromatic N) is 2. The van der Waals surface area contributed by atoms with Gasteiger partial charge in [-0.15, -0.1) is 24.0 Å². The van der Waals surface area contributed by atoms with E-state index in [9.17, 15) is 4.79 Å². The van der Waals surface area contributed by atoms with Crippen molar-refractivity contribution in [2.24, 2.45) is 4.99 Å². The maximum absolute atomic E-state index is 12.3. The number of hydrogen-bond donors (Lipinski definition) is 2. The number of guanidine groups is 1. The third kappa shape index (κ3) is 14.6. The van der Waals surface area contributed by atoms with Gasteiger partial charge < -0.3 is 25.0 Å². The molecular formula is C22H39IN4O3. The van der Waals surface area contributed by atoms with Gasteiger partial charge in [0.15, 0.2) is 5.96 Å². The van der Waals surface area contributed by atoms with Crippen LogP contribution in [0.3, 0.4) is 0 Å². The van der Waals surface area contributed by atoms with E-state index in [0.29, 0.717) is 51.8 Å². The molecule has 8 heteroatoms. The molecule has 0 aromatic heterocycles. The lowest BCUT2D eigenvalue weighted by Crippen LogP contribution is -2.39. The van der Waals surface area contributed by atoms with Gasteiger partial charge in [-0.2, -0.15) is 0 Å². The molecule has 2 N–H and O–H groups in total. The lowest BCUT2D eigenvalue weighted by atomic mass is 10.2. The first-order chi connectivity index (χ1) is 14.2. The first-order valence-electron chi connectivity index (χ1n) is 10.6. The highest BCUT2D eigenvalue weighted by Gasteiger charge is 2.09. The van der Waals surface area contributed by atoms with Crippen LogP contribution < -0.4 is 10.6 Å². The molecule has 0 heterocycles. The molecule has 0 fully saturated rings. The molecule has 0 spiro atoms. The Morgan fingerprint density at radius 3 is 2.40 bits per heavy atom. The van der Waals surface area contributed by atoms with Gasteiger partial charge in [-0.05, 0) is 18.9 Å². The summed E-state index contributed by atoms with van der Waals surface area (Å²) in [5.74, 6) is 0.803. The maximum atomic E-state index is 12.3. The van der Waals surface area contributed by atoms with Crippen LogP contribution in [0, 0.1) is 0 Å². The fourth-order valence-electron chi connectivity index (χ4n) is 2.56. The van der Waals surface area contributed by atoms with Gasteiger partial charge in [-0.3, -0.25) is 9.79 Å². The summed E-state index contributed by atoms with van der Waals surface area (Å²) in [6, 6.07) is 9.99. The Morgan fingerprint density at radius 1 is 1.03 bits per heavy atom. The van der Waals surface area contributed by atoms with E-state index in [1.54, 1.807) is 4.90 Å². The summed E-state index contributed by atoms with van der Waals surface area (Å²) in [4.78, 5) is 18.5. The van der Waals surface area contributed by atoms with Crippen molar-refractivity contribution >= 4 is 35.8 Å². The van der Waals surface area contributed by atoms with E-state index >= 15 is 0 Å². The summed E-state index contributed by atoms with van der Waals surface area (Å²) in [6.45, 7) is 9.20. The number of carbonyl (C=O) groups is 1. The van der Waals surface area contributed by atoms with Crippen LogP contribution in [0.2, 0.25) is 0 Å². The molecular weight excluding hydrogens is 495 g/mol. The zero-order chi connectivity index (χ0) is 21.2. The summed E-state index contributed by atoms with van der Waals surface area (Å²) in [5, 5.41) is 6.39. The molecule has 1 aromatic carbocycles. The lowest BCUT2D eigenvalue weighted by Gasteiger charge is -2.18. The Hall–Kier alpha value is -1.39. The monoisotopic (exact) mass is 534 g/mol. The fraction of sp³-hybridized carbons (Fsp3) is 0.636. The predicted octanol–water partition coefficient (Wildman–Crippen LogP) is 3.04. The highest BCUT2D eigenvalue weighted by atomic mass is 127. The van der Waals surface area contributed by atoms with Gasteiger partial charge in [-0.25, -0.2) is 0 Å². The standard InChI is InChI=1S/C22H38N4O3.HI/c1-4-6-15-28-17-18-29-16-14-25-22(23-5-2)24-13-12-21(27)26(3)19-20-10-8-7-9-11-20;/h7-11H,4-6,12-19H2,1-3H3,(H2,23,24,25);1H. The Bertz CT molecular complexity index is 573. The van der Waals surface area contributed by atoms with Crippen molar-refractivity contribution in [3.63, 3.8) is 0 Å². The molecule has 0 bridgehead atoms. The molecule has 7 nitrogen and oxygen atoms in total. The second-order valence-corrected chi connectivity index (χ2v) is 6.75. The van der Waals surface area contributed by atoms with E-state index in [4.69, 9.17) is 9.47 Å². The Morgan fingerprint density at radius 2 is 1.73 bits per heavy atom. The zero-order valence-corrected chi connectivity index (χ0v) is 21.0. The average Bonchev–Trinajstić information content (AvgIpc) is 2.73. The summed E-state index contributed by atoms with van der Waals surface area (Å²) < 4.78 is 11.0. The first kappa shape index (κ1) is 28.6. The van der Waals surface area contributed by atoms with E-state index in [0.717, 1.165) is 31.6 Å². The van der Waals surface area contributed by atoms with Crippen molar-refractivity contribution in [1.29, 1.82) is 0 Å². The van der Waals surface area contributed by atoms with Gasteiger partial charge in [0.05, 0.1) is 26.4 Å². The molecule has 0 atom stereocenters. The second-order valence-electron chi connectivity index (χ2n) is 6.75. The second kappa shape index (κ2) is 19.6. The van der Waals surface area contributed by atoms with E-state index in [2.05, 4.69) is 22.5 Å². The molecule has 1 aromatic rings. The van der Waals surface area contributed by atoms with Crippen molar-refractivity contribution in [3.8, 4) is 0 Å². The van der Waals surface area contributed by atoms with Crippen molar-refractivity contribution < 1.29 is 14.3 Å². The van der Waals surface area contributed by atoms with Crippen LogP contribution in [0.15, 0.2) is 35.3 Å². The number of hydrogen-bond acceptors (Lipinski definition) is 4. The topological polar surface area (TPSA) is 75.2 Å². The summed E-state index contributed by atoms with van der Waals surface area (Å²) >= 11 is 0. The largest absolute Gasteiger partial charge is 0.379 e. The van der Waals surface area contributed by atoms with Gasteiger partial charge in [0.2, 0.25) is 5.91 Å². The van der Waals surface area contributed by atoms with Crippen molar-refractivity contribution in [1.82, 2.24) is 15.5 Å². The van der Waals surface area contributed by atoms with Gasteiger partial charge in [0.1, 0.15) is 0 Å². The number of unbranched alkanes of at least 4 members (excludes halogenated alkanes) is 1. The van der Waals surface area contributed by atoms with Crippen LogP contribution in [-0.4, -0.2) is 69.9 Å². The summed E-state index contributed by atoms with van der Waals surface area (Å²) in [6.07, 6.45) is 2.65. The van der Waals surface area contributed by atoms with Crippen LogP contribution in [0.25, 0.3) is 0 Å². The molecule has 30 heavy (non-hydrogen) atoms. The molecule has 1 amide bonds. The fourth-order valence-corrected chi connectivity index (χ4v) is 2.56. The number of halogens is 1. The molecule has 0 saturated carbocycles. The van der Waals surface area contributed by atoms with Crippen LogP contribution in [0.5, 0.6) is 0 Å². The number of ether oxygens (including phenoxy) is 2. The van der Waals surface area contributed by atoms with E-state index < -0.39 is 0 Å². The minimum atomic E-state index is 0. The lowest BCUT2D eigenvalue weighted by molar-refractivity contribution is -0.130. The molecule has 0 unspecified atom stereocenters. The molecule has 0 saturated heterocycles. The molecule has 0 aliphatic carbocycles. The number of nitrogens with one attached hydrogen (secondary N) is 2. The summed E-state index contributed by atoms with van der Waals surface area (Å²) in [7, 11) is 1.83. The quantitative estimate of drug-likeness (QED) is 0.157.